The summed E-state index contributed by atoms with van der Waals surface area (Å²) < 4.78 is 0. The van der Waals surface area contributed by atoms with Crippen LogP contribution in [0.2, 0.25) is 0 Å². The zero-order valence-corrected chi connectivity index (χ0v) is 6.82. The standard InChI is InChI=1S/C10H8O3/c11-7-3-1-6-2-4-8(10(12)13)9(6)5-7/h1,3-5,11H,2H2,(H,12,13). The molecule has 1 aromatic carbocycles. The largest absolute Gasteiger partial charge is 0.508 e. The van der Waals surface area contributed by atoms with Crippen LogP contribution in [0.3, 0.4) is 0 Å². The Morgan fingerprint density at radius 2 is 2.15 bits per heavy atom. The second kappa shape index (κ2) is 2.62. The number of fused-ring (bicyclic) bond motifs is 1. The summed E-state index contributed by atoms with van der Waals surface area (Å²) in [4.78, 5) is 10.7. The number of carbonyl (C=O) groups is 1. The molecule has 1 aromatic rings. The van der Waals surface area contributed by atoms with Crippen molar-refractivity contribution in [2.24, 2.45) is 0 Å². The molecule has 2 N–H and O–H groups in total. The number of carboxylic acids is 1. The normalized spacial score (nSPS) is 13.7. The molecule has 66 valence electrons. The molecule has 0 unspecified atom stereocenters. The number of rotatable bonds is 1. The SMILES string of the molecule is O=C(O)C1=CCc2ccc(O)cc21. The maximum absolute atomic E-state index is 10.7. The smallest absolute Gasteiger partial charge is 0.335 e. The number of hydrogen-bond donors (Lipinski definition) is 2. The maximum Gasteiger partial charge on any atom is 0.335 e. The Balaban J connectivity index is 2.54. The van der Waals surface area contributed by atoms with Gasteiger partial charge >= 0.3 is 5.97 Å². The van der Waals surface area contributed by atoms with Crippen molar-refractivity contribution in [1.82, 2.24) is 0 Å². The molecule has 0 saturated carbocycles. The lowest BCUT2D eigenvalue weighted by Gasteiger charge is -2.01. The topological polar surface area (TPSA) is 57.5 Å². The van der Waals surface area contributed by atoms with Crippen LogP contribution in [0.4, 0.5) is 0 Å². The van der Waals surface area contributed by atoms with Gasteiger partial charge in [-0.05, 0) is 29.7 Å². The molecule has 13 heavy (non-hydrogen) atoms. The van der Waals surface area contributed by atoms with Gasteiger partial charge in [0.05, 0.1) is 5.57 Å². The third kappa shape index (κ3) is 1.18. The molecule has 0 saturated heterocycles. The maximum atomic E-state index is 10.7. The van der Waals surface area contributed by atoms with Crippen LogP contribution in [-0.2, 0) is 11.2 Å². The fourth-order valence-electron chi connectivity index (χ4n) is 1.52. The van der Waals surface area contributed by atoms with Crippen molar-refractivity contribution in [3.63, 3.8) is 0 Å². The van der Waals surface area contributed by atoms with Gasteiger partial charge in [-0.1, -0.05) is 12.1 Å². The second-order valence-corrected chi connectivity index (χ2v) is 2.97. The average molecular weight is 176 g/mol. The number of carboxylic acid groups (broad SMARTS) is 1. The van der Waals surface area contributed by atoms with Crippen LogP contribution in [0.15, 0.2) is 24.3 Å². The molecule has 0 spiro atoms. The van der Waals surface area contributed by atoms with Crippen LogP contribution in [0, 0.1) is 0 Å². The van der Waals surface area contributed by atoms with E-state index in [0.717, 1.165) is 5.56 Å². The van der Waals surface area contributed by atoms with E-state index in [1.54, 1.807) is 18.2 Å². The Bertz CT molecular complexity index is 405. The van der Waals surface area contributed by atoms with Gasteiger partial charge in [-0.25, -0.2) is 4.79 Å². The fraction of sp³-hybridized carbons (Fsp3) is 0.100. The molecule has 0 aromatic heterocycles. The van der Waals surface area contributed by atoms with Crippen LogP contribution < -0.4 is 0 Å². The van der Waals surface area contributed by atoms with Crippen LogP contribution in [0.25, 0.3) is 5.57 Å². The van der Waals surface area contributed by atoms with E-state index in [4.69, 9.17) is 5.11 Å². The van der Waals surface area contributed by atoms with Gasteiger partial charge in [0.25, 0.3) is 0 Å². The third-order valence-corrected chi connectivity index (χ3v) is 2.14. The number of benzene rings is 1. The summed E-state index contributed by atoms with van der Waals surface area (Å²) in [5.74, 6) is -0.836. The van der Waals surface area contributed by atoms with Crippen LogP contribution in [-0.4, -0.2) is 16.2 Å². The minimum atomic E-state index is -0.940. The van der Waals surface area contributed by atoms with Crippen LogP contribution in [0.5, 0.6) is 5.75 Å². The van der Waals surface area contributed by atoms with Crippen molar-refractivity contribution < 1.29 is 15.0 Å². The van der Waals surface area contributed by atoms with E-state index in [1.807, 2.05) is 0 Å². The minimum Gasteiger partial charge on any atom is -0.508 e. The first kappa shape index (κ1) is 7.86. The number of phenolic OH excluding ortho intramolecular Hbond substituents is 1. The van der Waals surface area contributed by atoms with E-state index in [-0.39, 0.29) is 11.3 Å². The minimum absolute atomic E-state index is 0.104. The molecule has 3 nitrogen and oxygen atoms in total. The average Bonchev–Trinajstić information content (AvgIpc) is 2.46. The summed E-state index contributed by atoms with van der Waals surface area (Å²) in [6.07, 6.45) is 2.30. The molecule has 0 radical (unpaired) electrons. The lowest BCUT2D eigenvalue weighted by molar-refractivity contribution is -0.130. The van der Waals surface area contributed by atoms with E-state index in [1.165, 1.54) is 6.07 Å². The van der Waals surface area contributed by atoms with E-state index in [0.29, 0.717) is 12.0 Å². The lowest BCUT2D eigenvalue weighted by atomic mass is 10.1. The number of hydrogen-bond acceptors (Lipinski definition) is 2. The Hall–Kier alpha value is -1.77. The summed E-state index contributed by atoms with van der Waals surface area (Å²) >= 11 is 0. The first-order valence-corrected chi connectivity index (χ1v) is 3.94. The van der Waals surface area contributed by atoms with Crippen molar-refractivity contribution in [3.05, 3.63) is 35.4 Å². The fourth-order valence-corrected chi connectivity index (χ4v) is 1.52. The lowest BCUT2D eigenvalue weighted by Crippen LogP contribution is -1.97. The summed E-state index contributed by atoms with van der Waals surface area (Å²) in [5.41, 5.74) is 1.87. The van der Waals surface area contributed by atoms with Gasteiger partial charge in [-0.15, -0.1) is 0 Å². The molecule has 3 heteroatoms. The highest BCUT2D eigenvalue weighted by Crippen LogP contribution is 2.30. The van der Waals surface area contributed by atoms with Crippen molar-refractivity contribution in [3.8, 4) is 5.75 Å². The molecule has 0 amide bonds. The van der Waals surface area contributed by atoms with Gasteiger partial charge in [0.15, 0.2) is 0 Å². The summed E-state index contributed by atoms with van der Waals surface area (Å²) in [6.45, 7) is 0. The molecule has 0 heterocycles. The van der Waals surface area contributed by atoms with Crippen molar-refractivity contribution in [2.45, 2.75) is 6.42 Å². The summed E-state index contributed by atoms with van der Waals surface area (Å²) in [7, 11) is 0. The quantitative estimate of drug-likeness (QED) is 0.680. The Morgan fingerprint density at radius 3 is 2.85 bits per heavy atom. The van der Waals surface area contributed by atoms with Crippen LogP contribution in [0.1, 0.15) is 11.1 Å². The first-order valence-electron chi connectivity index (χ1n) is 3.94. The van der Waals surface area contributed by atoms with Gasteiger partial charge in [0, 0.05) is 0 Å². The number of aromatic hydroxyl groups is 1. The molecular formula is C10H8O3. The molecule has 0 bridgehead atoms. The van der Waals surface area contributed by atoms with E-state index < -0.39 is 5.97 Å². The summed E-state index contributed by atoms with van der Waals surface area (Å²) in [5, 5.41) is 18.0. The van der Waals surface area contributed by atoms with Gasteiger partial charge in [0.1, 0.15) is 5.75 Å². The second-order valence-electron chi connectivity index (χ2n) is 2.97. The first-order chi connectivity index (χ1) is 6.18. The monoisotopic (exact) mass is 176 g/mol. The Morgan fingerprint density at radius 1 is 1.38 bits per heavy atom. The number of phenols is 1. The number of allylic oxidation sites excluding steroid dienone is 1. The number of aliphatic carboxylic acids is 1. The van der Waals surface area contributed by atoms with Gasteiger partial charge in [-0.3, -0.25) is 0 Å². The zero-order valence-electron chi connectivity index (χ0n) is 6.82. The molecular weight excluding hydrogens is 168 g/mol. The van der Waals surface area contributed by atoms with E-state index in [2.05, 4.69) is 0 Å². The van der Waals surface area contributed by atoms with Crippen molar-refractivity contribution >= 4 is 11.5 Å². The molecule has 0 aliphatic heterocycles. The molecule has 0 atom stereocenters. The highest BCUT2D eigenvalue weighted by atomic mass is 16.4. The zero-order chi connectivity index (χ0) is 9.42. The molecule has 1 aliphatic carbocycles. The van der Waals surface area contributed by atoms with Crippen molar-refractivity contribution in [2.75, 3.05) is 0 Å². The summed E-state index contributed by atoms with van der Waals surface area (Å²) in [6, 6.07) is 4.80. The van der Waals surface area contributed by atoms with E-state index >= 15 is 0 Å². The molecule has 1 aliphatic rings. The van der Waals surface area contributed by atoms with Gasteiger partial charge in [0.2, 0.25) is 0 Å². The molecule has 2 rings (SSSR count). The van der Waals surface area contributed by atoms with E-state index in [9.17, 15) is 9.90 Å². The Kier molecular flexibility index (Phi) is 1.59. The highest BCUT2D eigenvalue weighted by molar-refractivity contribution is 6.17. The predicted molar refractivity (Wildman–Crippen MR) is 47.4 cm³/mol. The van der Waals surface area contributed by atoms with Crippen LogP contribution >= 0.6 is 0 Å². The predicted octanol–water partition coefficient (Wildman–Crippen LogP) is 1.42. The molecule has 0 fully saturated rings. The highest BCUT2D eigenvalue weighted by Gasteiger charge is 2.19. The van der Waals surface area contributed by atoms with Gasteiger partial charge < -0.3 is 10.2 Å². The van der Waals surface area contributed by atoms with Crippen molar-refractivity contribution in [1.29, 1.82) is 0 Å². The van der Waals surface area contributed by atoms with Gasteiger partial charge in [-0.2, -0.15) is 0 Å². The Labute approximate surface area is 74.9 Å². The third-order valence-electron chi connectivity index (χ3n) is 2.14.